The van der Waals surface area contributed by atoms with Crippen molar-refractivity contribution in [2.75, 3.05) is 0 Å². The maximum Gasteiger partial charge on any atom is 0.136 e. The van der Waals surface area contributed by atoms with Crippen molar-refractivity contribution < 1.29 is 8.78 Å². The van der Waals surface area contributed by atoms with Crippen LogP contribution in [0.15, 0.2) is 41.4 Å². The van der Waals surface area contributed by atoms with Crippen LogP contribution in [-0.2, 0) is 12.3 Å². The SMILES string of the molecule is NCc1ncccc1CSc1cc(F)ccc1F. The molecule has 5 heteroatoms. The Labute approximate surface area is 108 Å². The first-order valence-corrected chi connectivity index (χ1v) is 6.40. The van der Waals surface area contributed by atoms with Crippen molar-refractivity contribution in [2.45, 2.75) is 17.2 Å². The van der Waals surface area contributed by atoms with Crippen LogP contribution in [0.3, 0.4) is 0 Å². The van der Waals surface area contributed by atoms with E-state index >= 15 is 0 Å². The number of halogens is 2. The van der Waals surface area contributed by atoms with E-state index in [0.29, 0.717) is 17.2 Å². The number of nitrogens with zero attached hydrogens (tertiary/aromatic N) is 1. The van der Waals surface area contributed by atoms with Gasteiger partial charge in [0, 0.05) is 23.4 Å². The lowest BCUT2D eigenvalue weighted by molar-refractivity contribution is 0.577. The maximum absolute atomic E-state index is 13.4. The largest absolute Gasteiger partial charge is 0.325 e. The van der Waals surface area contributed by atoms with Gasteiger partial charge in [-0.2, -0.15) is 0 Å². The highest BCUT2D eigenvalue weighted by atomic mass is 32.2. The summed E-state index contributed by atoms with van der Waals surface area (Å²) in [5.41, 5.74) is 7.29. The minimum atomic E-state index is -0.441. The molecule has 0 aliphatic heterocycles. The molecule has 1 aromatic heterocycles. The van der Waals surface area contributed by atoms with Gasteiger partial charge in [0.05, 0.1) is 5.69 Å². The number of nitrogens with two attached hydrogens (primary N) is 1. The topological polar surface area (TPSA) is 38.9 Å². The Balaban J connectivity index is 2.14. The first-order valence-electron chi connectivity index (χ1n) is 5.41. The molecule has 0 aliphatic carbocycles. The standard InChI is InChI=1S/C13H12F2N2S/c14-10-3-4-11(15)13(6-10)18-8-9-2-1-5-17-12(9)7-16/h1-6H,7-8,16H2. The fourth-order valence-corrected chi connectivity index (χ4v) is 2.51. The van der Waals surface area contributed by atoms with Crippen LogP contribution in [-0.4, -0.2) is 4.98 Å². The third-order valence-electron chi connectivity index (χ3n) is 2.45. The Morgan fingerprint density at radius 2 is 2.06 bits per heavy atom. The molecule has 18 heavy (non-hydrogen) atoms. The highest BCUT2D eigenvalue weighted by Crippen LogP contribution is 2.26. The molecule has 0 bridgehead atoms. The van der Waals surface area contributed by atoms with Gasteiger partial charge in [-0.1, -0.05) is 6.07 Å². The van der Waals surface area contributed by atoms with E-state index < -0.39 is 11.6 Å². The van der Waals surface area contributed by atoms with Crippen LogP contribution in [0.5, 0.6) is 0 Å². The molecule has 0 saturated carbocycles. The predicted molar refractivity (Wildman–Crippen MR) is 68.0 cm³/mol. The van der Waals surface area contributed by atoms with Gasteiger partial charge < -0.3 is 5.73 Å². The van der Waals surface area contributed by atoms with Gasteiger partial charge in [0.15, 0.2) is 0 Å². The molecule has 2 aromatic rings. The van der Waals surface area contributed by atoms with Crippen LogP contribution in [0.2, 0.25) is 0 Å². The monoisotopic (exact) mass is 266 g/mol. The molecule has 0 atom stereocenters. The molecule has 2 N–H and O–H groups in total. The Morgan fingerprint density at radius 3 is 2.83 bits per heavy atom. The Kier molecular flexibility index (Phi) is 4.28. The molecule has 0 spiro atoms. The van der Waals surface area contributed by atoms with Crippen molar-refractivity contribution in [3.63, 3.8) is 0 Å². The van der Waals surface area contributed by atoms with E-state index in [2.05, 4.69) is 4.98 Å². The van der Waals surface area contributed by atoms with Crippen molar-refractivity contribution in [2.24, 2.45) is 5.73 Å². The van der Waals surface area contributed by atoms with Gasteiger partial charge >= 0.3 is 0 Å². The summed E-state index contributed by atoms with van der Waals surface area (Å²) in [5.74, 6) is -0.343. The summed E-state index contributed by atoms with van der Waals surface area (Å²) in [6, 6.07) is 7.12. The summed E-state index contributed by atoms with van der Waals surface area (Å²) >= 11 is 1.23. The zero-order valence-electron chi connectivity index (χ0n) is 9.57. The molecule has 0 saturated heterocycles. The second-order valence-electron chi connectivity index (χ2n) is 3.68. The summed E-state index contributed by atoms with van der Waals surface area (Å²) in [6.07, 6.45) is 1.67. The number of hydrogen-bond donors (Lipinski definition) is 1. The van der Waals surface area contributed by atoms with Crippen LogP contribution in [0.25, 0.3) is 0 Å². The molecular weight excluding hydrogens is 254 g/mol. The van der Waals surface area contributed by atoms with E-state index in [4.69, 9.17) is 5.73 Å². The molecule has 0 radical (unpaired) electrons. The van der Waals surface area contributed by atoms with Gasteiger partial charge in [-0.15, -0.1) is 11.8 Å². The van der Waals surface area contributed by atoms with Gasteiger partial charge in [-0.3, -0.25) is 4.98 Å². The van der Waals surface area contributed by atoms with Crippen molar-refractivity contribution in [3.8, 4) is 0 Å². The molecule has 1 heterocycles. The molecule has 1 aromatic carbocycles. The van der Waals surface area contributed by atoms with Gasteiger partial charge in [0.25, 0.3) is 0 Å². The van der Waals surface area contributed by atoms with E-state index in [1.165, 1.54) is 17.8 Å². The first kappa shape index (κ1) is 13.0. The Hall–Kier alpha value is -1.46. The Bertz CT molecular complexity index is 546. The summed E-state index contributed by atoms with van der Waals surface area (Å²) in [6.45, 7) is 0.336. The van der Waals surface area contributed by atoms with Gasteiger partial charge in [0.2, 0.25) is 0 Å². The number of pyridine rings is 1. The van der Waals surface area contributed by atoms with Crippen molar-refractivity contribution >= 4 is 11.8 Å². The lowest BCUT2D eigenvalue weighted by atomic mass is 10.2. The van der Waals surface area contributed by atoms with E-state index in [0.717, 1.165) is 23.4 Å². The molecule has 2 nitrogen and oxygen atoms in total. The van der Waals surface area contributed by atoms with Gasteiger partial charge in [0.1, 0.15) is 11.6 Å². The van der Waals surface area contributed by atoms with E-state index in [9.17, 15) is 8.78 Å². The second kappa shape index (κ2) is 5.93. The van der Waals surface area contributed by atoms with E-state index in [1.807, 2.05) is 6.07 Å². The lowest BCUT2D eigenvalue weighted by Gasteiger charge is -2.07. The molecular formula is C13H12F2N2S. The zero-order chi connectivity index (χ0) is 13.0. The number of aromatic nitrogens is 1. The average molecular weight is 266 g/mol. The van der Waals surface area contributed by atoms with E-state index in [-0.39, 0.29) is 0 Å². The molecule has 0 fully saturated rings. The third kappa shape index (κ3) is 3.05. The van der Waals surface area contributed by atoms with Crippen LogP contribution in [0.4, 0.5) is 8.78 Å². The molecule has 94 valence electrons. The van der Waals surface area contributed by atoms with Crippen LogP contribution >= 0.6 is 11.8 Å². The lowest BCUT2D eigenvalue weighted by Crippen LogP contribution is -2.03. The number of rotatable bonds is 4. The summed E-state index contributed by atoms with van der Waals surface area (Å²) in [7, 11) is 0. The summed E-state index contributed by atoms with van der Waals surface area (Å²) < 4.78 is 26.4. The maximum atomic E-state index is 13.4. The average Bonchev–Trinajstić information content (AvgIpc) is 2.40. The summed E-state index contributed by atoms with van der Waals surface area (Å²) in [5, 5.41) is 0. The minimum absolute atomic E-state index is 0.293. The van der Waals surface area contributed by atoms with Crippen molar-refractivity contribution in [1.82, 2.24) is 4.98 Å². The normalized spacial score (nSPS) is 10.6. The zero-order valence-corrected chi connectivity index (χ0v) is 10.4. The Morgan fingerprint density at radius 1 is 1.22 bits per heavy atom. The summed E-state index contributed by atoms with van der Waals surface area (Å²) in [4.78, 5) is 4.44. The fraction of sp³-hybridized carbons (Fsp3) is 0.154. The second-order valence-corrected chi connectivity index (χ2v) is 4.69. The highest BCUT2D eigenvalue weighted by Gasteiger charge is 2.07. The van der Waals surface area contributed by atoms with Crippen molar-refractivity contribution in [1.29, 1.82) is 0 Å². The molecule has 0 amide bonds. The number of benzene rings is 1. The smallest absolute Gasteiger partial charge is 0.136 e. The van der Waals surface area contributed by atoms with Crippen LogP contribution in [0.1, 0.15) is 11.3 Å². The van der Waals surface area contributed by atoms with Gasteiger partial charge in [-0.25, -0.2) is 8.78 Å². The number of hydrogen-bond acceptors (Lipinski definition) is 3. The van der Waals surface area contributed by atoms with Crippen molar-refractivity contribution in [3.05, 3.63) is 59.4 Å². The predicted octanol–water partition coefficient (Wildman–Crippen LogP) is 3.11. The minimum Gasteiger partial charge on any atom is -0.325 e. The molecule has 0 unspecified atom stereocenters. The highest BCUT2D eigenvalue weighted by molar-refractivity contribution is 7.98. The first-order chi connectivity index (χ1) is 8.70. The quantitative estimate of drug-likeness (QED) is 0.864. The van der Waals surface area contributed by atoms with E-state index in [1.54, 1.807) is 12.3 Å². The number of thioether (sulfide) groups is 1. The van der Waals surface area contributed by atoms with Crippen LogP contribution < -0.4 is 5.73 Å². The van der Waals surface area contributed by atoms with Gasteiger partial charge in [-0.05, 0) is 29.8 Å². The molecule has 0 aliphatic rings. The van der Waals surface area contributed by atoms with Crippen LogP contribution in [0, 0.1) is 11.6 Å². The fourth-order valence-electron chi connectivity index (χ4n) is 1.53. The third-order valence-corrected chi connectivity index (χ3v) is 3.53. The molecule has 2 rings (SSSR count).